The summed E-state index contributed by atoms with van der Waals surface area (Å²) in [7, 11) is 0. The number of aromatic nitrogens is 3. The zero-order valence-electron chi connectivity index (χ0n) is 13.0. The normalized spacial score (nSPS) is 12.2. The highest BCUT2D eigenvalue weighted by atomic mass is 19.1. The Morgan fingerprint density at radius 3 is 2.68 bits per heavy atom. The molecule has 7 nitrogen and oxygen atoms in total. The molecule has 25 heavy (non-hydrogen) atoms. The average molecular weight is 340 g/mol. The quantitative estimate of drug-likeness (QED) is 0.758. The molecule has 3 aromatic rings. The predicted molar refractivity (Wildman–Crippen MR) is 87.9 cm³/mol. The highest BCUT2D eigenvalue weighted by Crippen LogP contribution is 2.32. The summed E-state index contributed by atoms with van der Waals surface area (Å²) in [6.45, 7) is 0.646. The van der Waals surface area contributed by atoms with Crippen LogP contribution in [0.5, 0.6) is 11.5 Å². The van der Waals surface area contributed by atoms with Crippen LogP contribution in [-0.4, -0.2) is 22.0 Å². The van der Waals surface area contributed by atoms with E-state index in [0.717, 1.165) is 5.56 Å². The second-order valence-electron chi connectivity index (χ2n) is 5.40. The molecule has 0 aliphatic carbocycles. The second kappa shape index (κ2) is 6.23. The van der Waals surface area contributed by atoms with Crippen LogP contribution in [0.15, 0.2) is 47.3 Å². The van der Waals surface area contributed by atoms with Crippen molar-refractivity contribution in [2.45, 2.75) is 6.54 Å². The molecule has 0 saturated heterocycles. The van der Waals surface area contributed by atoms with Gasteiger partial charge in [0, 0.05) is 12.1 Å². The first-order chi connectivity index (χ1) is 12.2. The number of halogens is 1. The molecule has 0 atom stereocenters. The number of ether oxygens (including phenoxy) is 2. The summed E-state index contributed by atoms with van der Waals surface area (Å²) in [6, 6.07) is 11.1. The van der Waals surface area contributed by atoms with E-state index in [9.17, 15) is 9.18 Å². The number of anilines is 1. The van der Waals surface area contributed by atoms with E-state index in [-0.39, 0.29) is 24.3 Å². The van der Waals surface area contributed by atoms with Gasteiger partial charge in [-0.15, -0.1) is 10.2 Å². The average Bonchev–Trinajstić information content (AvgIpc) is 3.09. The number of hydrogen-bond acceptors (Lipinski definition) is 6. The summed E-state index contributed by atoms with van der Waals surface area (Å²) in [5, 5.41) is 10.9. The fourth-order valence-corrected chi connectivity index (χ4v) is 2.45. The molecule has 4 rings (SSSR count). The molecule has 1 aromatic heterocycles. The van der Waals surface area contributed by atoms with Crippen molar-refractivity contribution in [2.75, 3.05) is 12.1 Å². The third-order valence-corrected chi connectivity index (χ3v) is 3.71. The van der Waals surface area contributed by atoms with Gasteiger partial charge in [0.05, 0.1) is 0 Å². The number of hydrogen-bond donors (Lipinski definition) is 2. The minimum absolute atomic E-state index is 0.133. The molecule has 0 bridgehead atoms. The van der Waals surface area contributed by atoms with Crippen LogP contribution in [0.1, 0.15) is 5.56 Å². The van der Waals surface area contributed by atoms with Crippen LogP contribution in [-0.2, 0) is 6.54 Å². The predicted octanol–water partition coefficient (Wildman–Crippen LogP) is 2.31. The number of nitrogens with zero attached hydrogens (tertiary/aromatic N) is 2. The monoisotopic (exact) mass is 340 g/mol. The van der Waals surface area contributed by atoms with Gasteiger partial charge in [-0.1, -0.05) is 6.07 Å². The molecule has 0 spiro atoms. The zero-order chi connectivity index (χ0) is 17.2. The fourth-order valence-electron chi connectivity index (χ4n) is 2.45. The van der Waals surface area contributed by atoms with E-state index in [4.69, 9.17) is 9.47 Å². The van der Waals surface area contributed by atoms with Gasteiger partial charge in [0.2, 0.25) is 12.7 Å². The largest absolute Gasteiger partial charge is 0.454 e. The van der Waals surface area contributed by atoms with Crippen LogP contribution in [0.4, 0.5) is 10.3 Å². The maximum atomic E-state index is 13.0. The van der Waals surface area contributed by atoms with Crippen molar-refractivity contribution in [3.05, 3.63) is 64.2 Å². The maximum Gasteiger partial charge on any atom is 0.279 e. The lowest BCUT2D eigenvalue weighted by molar-refractivity contribution is 0.174. The van der Waals surface area contributed by atoms with Gasteiger partial charge < -0.3 is 14.8 Å². The van der Waals surface area contributed by atoms with E-state index in [2.05, 4.69) is 20.5 Å². The molecule has 0 saturated carbocycles. The molecule has 2 N–H and O–H groups in total. The lowest BCUT2D eigenvalue weighted by atomic mass is 10.2. The van der Waals surface area contributed by atoms with Crippen LogP contribution in [0.3, 0.4) is 0 Å². The first-order valence-corrected chi connectivity index (χ1v) is 7.54. The van der Waals surface area contributed by atoms with Gasteiger partial charge in [0.15, 0.2) is 17.2 Å². The van der Waals surface area contributed by atoms with Crippen molar-refractivity contribution >= 4 is 5.95 Å². The van der Waals surface area contributed by atoms with E-state index < -0.39 is 5.56 Å². The van der Waals surface area contributed by atoms with Crippen molar-refractivity contribution < 1.29 is 13.9 Å². The molecule has 0 unspecified atom stereocenters. The Hall–Kier alpha value is -3.42. The molecule has 2 heterocycles. The lowest BCUT2D eigenvalue weighted by Crippen LogP contribution is -2.16. The molecule has 1 aliphatic heterocycles. The maximum absolute atomic E-state index is 13.0. The molecule has 1 aliphatic rings. The van der Waals surface area contributed by atoms with Crippen LogP contribution >= 0.6 is 0 Å². The third-order valence-electron chi connectivity index (χ3n) is 3.71. The second-order valence-corrected chi connectivity index (χ2v) is 5.40. The number of benzene rings is 2. The number of fused-ring (bicyclic) bond motifs is 1. The Labute approximate surface area is 141 Å². The fraction of sp³-hybridized carbons (Fsp3) is 0.118. The number of aromatic amines is 1. The van der Waals surface area contributed by atoms with Gasteiger partial charge in [-0.3, -0.25) is 9.78 Å². The van der Waals surface area contributed by atoms with Crippen molar-refractivity contribution in [3.63, 3.8) is 0 Å². The van der Waals surface area contributed by atoms with Gasteiger partial charge in [-0.05, 0) is 42.0 Å². The Morgan fingerprint density at radius 2 is 1.88 bits per heavy atom. The topological polar surface area (TPSA) is 89.1 Å². The SMILES string of the molecule is O=c1[nH]c(NCc2ccc3c(c2)OCO3)nnc1-c1ccc(F)cc1. The summed E-state index contributed by atoms with van der Waals surface area (Å²) >= 11 is 0. The third kappa shape index (κ3) is 3.14. The molecular weight excluding hydrogens is 327 g/mol. The minimum atomic E-state index is -0.408. The molecule has 8 heteroatoms. The molecule has 0 amide bonds. The van der Waals surface area contributed by atoms with E-state index in [0.29, 0.717) is 23.6 Å². The summed E-state index contributed by atoms with van der Waals surface area (Å²) in [5.74, 6) is 1.26. The number of rotatable bonds is 4. The van der Waals surface area contributed by atoms with Crippen LogP contribution in [0.25, 0.3) is 11.3 Å². The standard InChI is InChI=1S/C17H13FN4O3/c18-12-4-2-11(3-5-12)15-16(23)20-17(22-21-15)19-8-10-1-6-13-14(7-10)25-9-24-13/h1-7H,8-9H2,(H2,19,20,22,23). The summed E-state index contributed by atoms with van der Waals surface area (Å²) in [6.07, 6.45) is 0. The zero-order valence-corrected chi connectivity index (χ0v) is 13.0. The van der Waals surface area contributed by atoms with Gasteiger partial charge in [0.25, 0.3) is 5.56 Å². The van der Waals surface area contributed by atoms with Gasteiger partial charge >= 0.3 is 0 Å². The molecule has 0 radical (unpaired) electrons. The van der Waals surface area contributed by atoms with Crippen LogP contribution in [0, 0.1) is 5.82 Å². The van der Waals surface area contributed by atoms with Crippen LogP contribution < -0.4 is 20.3 Å². The highest BCUT2D eigenvalue weighted by molar-refractivity contribution is 5.57. The minimum Gasteiger partial charge on any atom is -0.454 e. The smallest absolute Gasteiger partial charge is 0.279 e. The van der Waals surface area contributed by atoms with Gasteiger partial charge in [-0.25, -0.2) is 4.39 Å². The Kier molecular flexibility index (Phi) is 3.77. The highest BCUT2D eigenvalue weighted by Gasteiger charge is 2.13. The Morgan fingerprint density at radius 1 is 1.08 bits per heavy atom. The van der Waals surface area contributed by atoms with E-state index in [1.165, 1.54) is 24.3 Å². The van der Waals surface area contributed by atoms with E-state index in [1.54, 1.807) is 0 Å². The first kappa shape index (κ1) is 15.1. The Bertz CT molecular complexity index is 972. The molecular formula is C17H13FN4O3. The van der Waals surface area contributed by atoms with Crippen molar-refractivity contribution in [2.24, 2.45) is 0 Å². The summed E-state index contributed by atoms with van der Waals surface area (Å²) in [5.41, 5.74) is 1.16. The summed E-state index contributed by atoms with van der Waals surface area (Å²) < 4.78 is 23.5. The molecule has 0 fully saturated rings. The Balaban J connectivity index is 1.49. The summed E-state index contributed by atoms with van der Waals surface area (Å²) in [4.78, 5) is 14.8. The van der Waals surface area contributed by atoms with Crippen LogP contribution in [0.2, 0.25) is 0 Å². The number of H-pyrrole nitrogens is 1. The van der Waals surface area contributed by atoms with E-state index >= 15 is 0 Å². The van der Waals surface area contributed by atoms with Crippen molar-refractivity contribution in [1.29, 1.82) is 0 Å². The lowest BCUT2D eigenvalue weighted by Gasteiger charge is -2.06. The van der Waals surface area contributed by atoms with Crippen molar-refractivity contribution in [1.82, 2.24) is 15.2 Å². The molecule has 126 valence electrons. The first-order valence-electron chi connectivity index (χ1n) is 7.54. The van der Waals surface area contributed by atoms with Gasteiger partial charge in [-0.2, -0.15) is 0 Å². The van der Waals surface area contributed by atoms with Gasteiger partial charge in [0.1, 0.15) is 5.82 Å². The van der Waals surface area contributed by atoms with Crippen molar-refractivity contribution in [3.8, 4) is 22.8 Å². The van der Waals surface area contributed by atoms with E-state index in [1.807, 2.05) is 18.2 Å². The number of nitrogens with one attached hydrogen (secondary N) is 2. The molecule has 2 aromatic carbocycles.